The number of phenolic OH excluding ortho intramolecular Hbond substituents is 1. The highest BCUT2D eigenvalue weighted by Crippen LogP contribution is 2.36. The fourth-order valence-corrected chi connectivity index (χ4v) is 7.44. The van der Waals surface area contributed by atoms with Crippen molar-refractivity contribution in [3.8, 4) is 5.75 Å². The molecule has 1 amide bonds. The maximum atomic E-state index is 13.9. The van der Waals surface area contributed by atoms with Gasteiger partial charge in [0.15, 0.2) is 0 Å². The predicted molar refractivity (Wildman–Crippen MR) is 182 cm³/mol. The molecule has 0 unspecified atom stereocenters. The van der Waals surface area contributed by atoms with Gasteiger partial charge in [-0.1, -0.05) is 48.0 Å². The van der Waals surface area contributed by atoms with Crippen LogP contribution in [0.5, 0.6) is 5.75 Å². The van der Waals surface area contributed by atoms with Crippen LogP contribution in [0, 0.1) is 12.8 Å². The highest BCUT2D eigenvalue weighted by atomic mass is 32.2. The van der Waals surface area contributed by atoms with Crippen LogP contribution in [-0.4, -0.2) is 60.6 Å². The fraction of sp³-hybridized carbons (Fsp3) is 0.353. The van der Waals surface area contributed by atoms with Gasteiger partial charge in [-0.3, -0.25) is 9.10 Å². The smallest absolute Gasteiger partial charge is 0.264 e. The molecule has 246 valence electrons. The molecular weight excluding hydrogens is 616 g/mol. The van der Waals surface area contributed by atoms with Gasteiger partial charge in [0, 0.05) is 43.9 Å². The van der Waals surface area contributed by atoms with E-state index in [9.17, 15) is 18.3 Å². The highest BCUT2D eigenvalue weighted by molar-refractivity contribution is 7.92. The molecule has 2 aliphatic rings. The van der Waals surface area contributed by atoms with Crippen LogP contribution in [0.15, 0.2) is 77.7 Å². The molecule has 4 N–H and O–H groups in total. The Morgan fingerprint density at radius 2 is 1.53 bits per heavy atom. The number of nitrogens with zero attached hydrogens (tertiary/aromatic N) is 6. The van der Waals surface area contributed by atoms with Crippen molar-refractivity contribution in [1.82, 2.24) is 15.0 Å². The van der Waals surface area contributed by atoms with E-state index >= 15 is 0 Å². The lowest BCUT2D eigenvalue weighted by Crippen LogP contribution is -2.40. The second kappa shape index (κ2) is 13.8. The third kappa shape index (κ3) is 7.40. The van der Waals surface area contributed by atoms with Gasteiger partial charge in [0.1, 0.15) is 5.75 Å². The summed E-state index contributed by atoms with van der Waals surface area (Å²) in [6.45, 7) is 4.80. The number of amides is 1. The average molecular weight is 657 g/mol. The summed E-state index contributed by atoms with van der Waals surface area (Å²) in [7, 11) is -4.03. The first kappa shape index (κ1) is 32.0. The van der Waals surface area contributed by atoms with Gasteiger partial charge in [-0.25, -0.2) is 8.42 Å². The Morgan fingerprint density at radius 3 is 2.15 bits per heavy atom. The summed E-state index contributed by atoms with van der Waals surface area (Å²) in [6, 6.07) is 20.7. The number of primary amides is 1. The van der Waals surface area contributed by atoms with Crippen LogP contribution >= 0.6 is 0 Å². The van der Waals surface area contributed by atoms with E-state index in [4.69, 9.17) is 20.7 Å². The topological polar surface area (TPSA) is 158 Å². The monoisotopic (exact) mass is 656 g/mol. The molecule has 0 aliphatic carbocycles. The quantitative estimate of drug-likeness (QED) is 0.218. The van der Waals surface area contributed by atoms with E-state index in [0.29, 0.717) is 49.5 Å². The Kier molecular flexibility index (Phi) is 9.43. The summed E-state index contributed by atoms with van der Waals surface area (Å²) < 4.78 is 29.1. The third-order valence-corrected chi connectivity index (χ3v) is 10.5. The molecule has 47 heavy (non-hydrogen) atoms. The zero-order chi connectivity index (χ0) is 33.0. The molecule has 2 saturated heterocycles. The number of phenols is 1. The summed E-state index contributed by atoms with van der Waals surface area (Å²) in [5.74, 6) is 0.700. The summed E-state index contributed by atoms with van der Waals surface area (Å²) in [5.41, 5.74) is 7.88. The molecule has 6 rings (SSSR count). The number of aryl methyl sites for hydroxylation is 1. The van der Waals surface area contributed by atoms with Gasteiger partial charge in [0.05, 0.1) is 17.1 Å². The van der Waals surface area contributed by atoms with E-state index < -0.39 is 10.0 Å². The highest BCUT2D eigenvalue weighted by Gasteiger charge is 2.29. The number of aromatic hydroxyl groups is 1. The minimum atomic E-state index is -4.03. The molecule has 2 fully saturated rings. The average Bonchev–Trinajstić information content (AvgIpc) is 3.08. The first-order valence-electron chi connectivity index (χ1n) is 16.0. The zero-order valence-electron chi connectivity index (χ0n) is 26.4. The maximum absolute atomic E-state index is 13.9. The molecule has 0 bridgehead atoms. The Labute approximate surface area is 275 Å². The number of anilines is 5. The number of nitrogens with one attached hydrogen (secondary N) is 1. The third-order valence-electron chi connectivity index (χ3n) is 8.71. The van der Waals surface area contributed by atoms with E-state index in [2.05, 4.69) is 10.2 Å². The standard InChI is InChI=1S/C34H40N8O4S/c1-24-10-13-28(14-11-24)47(45,46)42(23-25-8-4-2-5-9-25)29-15-12-27(22-30(29)43)36-32-37-33(40-18-6-3-7-19-40)39-34(38-32)41-20-16-26(17-21-41)31(35)44/h2,4-5,8-15,22,26,43H,3,6-7,16-21,23H2,1H3,(H2,35,44)(H,36,37,38,39). The van der Waals surface area contributed by atoms with Gasteiger partial charge < -0.3 is 26.0 Å². The summed E-state index contributed by atoms with van der Waals surface area (Å²) in [5, 5.41) is 14.5. The molecule has 3 heterocycles. The van der Waals surface area contributed by atoms with Crippen molar-refractivity contribution in [3.63, 3.8) is 0 Å². The van der Waals surface area contributed by atoms with Crippen LogP contribution in [0.4, 0.5) is 29.2 Å². The molecule has 3 aromatic carbocycles. The number of rotatable bonds is 10. The lowest BCUT2D eigenvalue weighted by atomic mass is 9.96. The van der Waals surface area contributed by atoms with Crippen LogP contribution in [0.1, 0.15) is 43.2 Å². The number of hydrogen-bond donors (Lipinski definition) is 3. The molecule has 1 aromatic heterocycles. The SMILES string of the molecule is Cc1ccc(S(=O)(=O)N(Cc2ccccc2)c2ccc(Nc3nc(N4CCCCC4)nc(N4CCC(C(N)=O)CC4)n3)cc2O)cc1. The van der Waals surface area contributed by atoms with Crippen LogP contribution in [0.3, 0.4) is 0 Å². The fourth-order valence-electron chi connectivity index (χ4n) is 5.98. The van der Waals surface area contributed by atoms with Crippen LogP contribution < -0.4 is 25.2 Å². The summed E-state index contributed by atoms with van der Waals surface area (Å²) in [6.07, 6.45) is 4.52. The number of piperidine rings is 2. The lowest BCUT2D eigenvalue weighted by Gasteiger charge is -2.32. The van der Waals surface area contributed by atoms with Crippen LogP contribution in [0.2, 0.25) is 0 Å². The van der Waals surface area contributed by atoms with E-state index in [1.54, 1.807) is 36.4 Å². The van der Waals surface area contributed by atoms with Gasteiger partial charge in [-0.2, -0.15) is 15.0 Å². The van der Waals surface area contributed by atoms with E-state index in [1.807, 2.05) is 42.2 Å². The Hall–Kier alpha value is -4.91. The zero-order valence-corrected chi connectivity index (χ0v) is 27.2. The Balaban J connectivity index is 1.31. The molecule has 0 radical (unpaired) electrons. The second-order valence-corrected chi connectivity index (χ2v) is 14.0. The number of carbonyl (C=O) groups is 1. The first-order valence-corrected chi connectivity index (χ1v) is 17.4. The van der Waals surface area contributed by atoms with E-state index in [-0.39, 0.29) is 34.7 Å². The molecule has 13 heteroatoms. The maximum Gasteiger partial charge on any atom is 0.264 e. The molecule has 4 aromatic rings. The normalized spacial score (nSPS) is 15.8. The summed E-state index contributed by atoms with van der Waals surface area (Å²) in [4.78, 5) is 30.3. The van der Waals surface area contributed by atoms with Crippen molar-refractivity contribution in [2.45, 2.75) is 50.5 Å². The number of hydrogen-bond acceptors (Lipinski definition) is 10. The predicted octanol–water partition coefficient (Wildman–Crippen LogP) is 4.72. The van der Waals surface area contributed by atoms with Crippen molar-refractivity contribution in [2.24, 2.45) is 11.7 Å². The van der Waals surface area contributed by atoms with Gasteiger partial charge in [-0.05, 0) is 68.9 Å². The molecule has 2 aliphatic heterocycles. The van der Waals surface area contributed by atoms with E-state index in [0.717, 1.165) is 43.5 Å². The van der Waals surface area contributed by atoms with Crippen molar-refractivity contribution < 1.29 is 18.3 Å². The largest absolute Gasteiger partial charge is 0.506 e. The minimum absolute atomic E-state index is 0.0276. The van der Waals surface area contributed by atoms with Gasteiger partial charge in [-0.15, -0.1) is 0 Å². The minimum Gasteiger partial charge on any atom is -0.506 e. The molecule has 0 atom stereocenters. The number of sulfonamides is 1. The molecule has 0 spiro atoms. The number of aromatic nitrogens is 3. The van der Waals surface area contributed by atoms with Crippen LogP contribution in [0.25, 0.3) is 0 Å². The first-order chi connectivity index (χ1) is 22.7. The second-order valence-electron chi connectivity index (χ2n) is 12.1. The summed E-state index contributed by atoms with van der Waals surface area (Å²) >= 11 is 0. The van der Waals surface area contributed by atoms with Crippen molar-refractivity contribution in [2.75, 3.05) is 45.6 Å². The van der Waals surface area contributed by atoms with E-state index in [1.165, 1.54) is 10.4 Å². The van der Waals surface area contributed by atoms with Crippen molar-refractivity contribution in [3.05, 3.63) is 83.9 Å². The molecule has 0 saturated carbocycles. The number of nitrogens with two attached hydrogens (primary N) is 1. The van der Waals surface area contributed by atoms with Crippen molar-refractivity contribution in [1.29, 1.82) is 0 Å². The Bertz CT molecular complexity index is 1810. The van der Waals surface area contributed by atoms with Crippen molar-refractivity contribution >= 4 is 45.2 Å². The Morgan fingerprint density at radius 1 is 0.894 bits per heavy atom. The lowest BCUT2D eigenvalue weighted by molar-refractivity contribution is -0.122. The number of benzene rings is 3. The molecular formula is C34H40N8O4S. The van der Waals surface area contributed by atoms with Gasteiger partial charge >= 0.3 is 0 Å². The van der Waals surface area contributed by atoms with Crippen LogP contribution in [-0.2, 0) is 21.4 Å². The van der Waals surface area contributed by atoms with Gasteiger partial charge in [0.25, 0.3) is 10.0 Å². The molecule has 12 nitrogen and oxygen atoms in total. The number of carbonyl (C=O) groups excluding carboxylic acids is 1. The van der Waals surface area contributed by atoms with Gasteiger partial charge in [0.2, 0.25) is 23.8 Å².